The van der Waals surface area contributed by atoms with Gasteiger partial charge in [-0.05, 0) is 24.6 Å². The summed E-state index contributed by atoms with van der Waals surface area (Å²) >= 11 is 0. The maximum absolute atomic E-state index is 13.8. The average Bonchev–Trinajstić information content (AvgIpc) is 2.85. The monoisotopic (exact) mass is 280 g/mol. The molecular formula is C14H17FN2O3. The van der Waals surface area contributed by atoms with E-state index < -0.39 is 5.82 Å². The van der Waals surface area contributed by atoms with Gasteiger partial charge in [-0.15, -0.1) is 0 Å². The molecule has 6 heteroatoms. The molecule has 0 unspecified atom stereocenters. The van der Waals surface area contributed by atoms with Crippen molar-refractivity contribution in [3.8, 4) is 5.75 Å². The van der Waals surface area contributed by atoms with Gasteiger partial charge in [-0.3, -0.25) is 0 Å². The molecule has 0 spiro atoms. The van der Waals surface area contributed by atoms with Gasteiger partial charge in [0.05, 0.1) is 0 Å². The fraction of sp³-hybridized carbons (Fsp3) is 0.357. The molecule has 1 atom stereocenters. The highest BCUT2D eigenvalue weighted by molar-refractivity contribution is 5.30. The van der Waals surface area contributed by atoms with Crippen molar-refractivity contribution in [3.63, 3.8) is 0 Å². The standard InChI is InChI=1S/C14H17FN2O3/c1-9(16)10-3-4-14(13(15)5-10)19-7-11-6-12(8-18-2)20-17-11/h3-6,9H,7-8,16H2,1-2H3/t9-/m1/s1. The Morgan fingerprint density at radius 3 is 2.80 bits per heavy atom. The van der Waals surface area contributed by atoms with Crippen LogP contribution in [-0.2, 0) is 18.0 Å². The summed E-state index contributed by atoms with van der Waals surface area (Å²) < 4.78 is 29.1. The van der Waals surface area contributed by atoms with Crippen LogP contribution >= 0.6 is 0 Å². The molecule has 2 N–H and O–H groups in total. The summed E-state index contributed by atoms with van der Waals surface area (Å²) in [6.45, 7) is 2.26. The number of nitrogens with zero attached hydrogens (tertiary/aromatic N) is 1. The lowest BCUT2D eigenvalue weighted by molar-refractivity contribution is 0.155. The Bertz CT molecular complexity index is 569. The topological polar surface area (TPSA) is 70.5 Å². The average molecular weight is 280 g/mol. The number of ether oxygens (including phenoxy) is 2. The van der Waals surface area contributed by atoms with Crippen molar-refractivity contribution >= 4 is 0 Å². The van der Waals surface area contributed by atoms with Crippen molar-refractivity contribution < 1.29 is 18.4 Å². The van der Waals surface area contributed by atoms with Crippen LogP contribution in [0.5, 0.6) is 5.75 Å². The molecule has 0 aliphatic carbocycles. The van der Waals surface area contributed by atoms with Crippen molar-refractivity contribution in [1.29, 1.82) is 0 Å². The summed E-state index contributed by atoms with van der Waals surface area (Å²) in [5.41, 5.74) is 6.98. The first kappa shape index (κ1) is 14.5. The molecule has 1 heterocycles. The Balaban J connectivity index is 1.99. The second kappa shape index (κ2) is 6.49. The lowest BCUT2D eigenvalue weighted by atomic mass is 10.1. The predicted octanol–water partition coefficient (Wildman–Crippen LogP) is 2.56. The molecule has 1 aromatic carbocycles. The van der Waals surface area contributed by atoms with E-state index in [4.69, 9.17) is 19.7 Å². The number of benzene rings is 1. The maximum atomic E-state index is 13.8. The maximum Gasteiger partial charge on any atom is 0.165 e. The highest BCUT2D eigenvalue weighted by Crippen LogP contribution is 2.22. The van der Waals surface area contributed by atoms with Crippen molar-refractivity contribution in [1.82, 2.24) is 5.16 Å². The Labute approximate surface area is 116 Å². The molecule has 2 aromatic rings. The highest BCUT2D eigenvalue weighted by Gasteiger charge is 2.09. The van der Waals surface area contributed by atoms with Gasteiger partial charge in [0.15, 0.2) is 17.3 Å². The van der Waals surface area contributed by atoms with E-state index >= 15 is 0 Å². The molecule has 0 aliphatic heterocycles. The molecule has 5 nitrogen and oxygen atoms in total. The van der Waals surface area contributed by atoms with Crippen LogP contribution in [0.3, 0.4) is 0 Å². The molecule has 108 valence electrons. The Kier molecular flexibility index (Phi) is 4.70. The molecule has 0 saturated carbocycles. The third-order valence-corrected chi connectivity index (χ3v) is 2.75. The molecule has 0 amide bonds. The first-order valence-electron chi connectivity index (χ1n) is 6.21. The van der Waals surface area contributed by atoms with E-state index in [9.17, 15) is 4.39 Å². The van der Waals surface area contributed by atoms with Gasteiger partial charge in [-0.2, -0.15) is 0 Å². The van der Waals surface area contributed by atoms with E-state index in [-0.39, 0.29) is 18.4 Å². The van der Waals surface area contributed by atoms with Crippen molar-refractivity contribution in [2.45, 2.75) is 26.2 Å². The molecule has 0 radical (unpaired) electrons. The predicted molar refractivity (Wildman–Crippen MR) is 70.6 cm³/mol. The van der Waals surface area contributed by atoms with Gasteiger partial charge in [-0.1, -0.05) is 11.2 Å². The van der Waals surface area contributed by atoms with E-state index in [1.165, 1.54) is 6.07 Å². The highest BCUT2D eigenvalue weighted by atomic mass is 19.1. The zero-order valence-corrected chi connectivity index (χ0v) is 11.4. The second-order valence-corrected chi connectivity index (χ2v) is 4.48. The second-order valence-electron chi connectivity index (χ2n) is 4.48. The largest absolute Gasteiger partial charge is 0.484 e. The molecular weight excluding hydrogens is 263 g/mol. The minimum Gasteiger partial charge on any atom is -0.484 e. The van der Waals surface area contributed by atoms with Crippen molar-refractivity contribution in [2.24, 2.45) is 5.73 Å². The normalized spacial score (nSPS) is 12.4. The number of hydrogen-bond acceptors (Lipinski definition) is 5. The number of nitrogens with two attached hydrogens (primary N) is 1. The fourth-order valence-corrected chi connectivity index (χ4v) is 1.70. The quantitative estimate of drug-likeness (QED) is 0.880. The summed E-state index contributed by atoms with van der Waals surface area (Å²) in [4.78, 5) is 0. The van der Waals surface area contributed by atoms with Crippen LogP contribution in [0.4, 0.5) is 4.39 Å². The van der Waals surface area contributed by atoms with Crippen LogP contribution < -0.4 is 10.5 Å². The first-order valence-corrected chi connectivity index (χ1v) is 6.21. The van der Waals surface area contributed by atoms with Crippen LogP contribution in [0.15, 0.2) is 28.8 Å². The third kappa shape index (κ3) is 3.55. The molecule has 2 rings (SSSR count). The van der Waals surface area contributed by atoms with E-state index in [1.54, 1.807) is 32.2 Å². The van der Waals surface area contributed by atoms with Crippen LogP contribution in [-0.4, -0.2) is 12.3 Å². The van der Waals surface area contributed by atoms with Crippen LogP contribution in [0.2, 0.25) is 0 Å². The van der Waals surface area contributed by atoms with Gasteiger partial charge >= 0.3 is 0 Å². The minimum absolute atomic E-state index is 0.127. The molecule has 1 aromatic heterocycles. The van der Waals surface area contributed by atoms with Crippen LogP contribution in [0.1, 0.15) is 30.0 Å². The molecule has 0 bridgehead atoms. The number of halogens is 1. The number of rotatable bonds is 6. The summed E-state index contributed by atoms with van der Waals surface area (Å²) in [6, 6.07) is 6.16. The summed E-state index contributed by atoms with van der Waals surface area (Å²) in [6.07, 6.45) is 0. The summed E-state index contributed by atoms with van der Waals surface area (Å²) in [5.74, 6) is 0.310. The number of methoxy groups -OCH3 is 1. The lowest BCUT2D eigenvalue weighted by Crippen LogP contribution is -2.06. The zero-order chi connectivity index (χ0) is 14.5. The van der Waals surface area contributed by atoms with Crippen LogP contribution in [0.25, 0.3) is 0 Å². The van der Waals surface area contributed by atoms with Crippen LogP contribution in [0, 0.1) is 5.82 Å². The lowest BCUT2D eigenvalue weighted by Gasteiger charge is -2.09. The summed E-state index contributed by atoms with van der Waals surface area (Å²) in [7, 11) is 1.56. The number of hydrogen-bond donors (Lipinski definition) is 1. The molecule has 0 fully saturated rings. The fourth-order valence-electron chi connectivity index (χ4n) is 1.70. The zero-order valence-electron chi connectivity index (χ0n) is 11.4. The molecule has 20 heavy (non-hydrogen) atoms. The van der Waals surface area contributed by atoms with Crippen molar-refractivity contribution in [2.75, 3.05) is 7.11 Å². The Morgan fingerprint density at radius 1 is 1.35 bits per heavy atom. The molecule has 0 aliphatic rings. The van der Waals surface area contributed by atoms with Crippen molar-refractivity contribution in [3.05, 3.63) is 47.1 Å². The van der Waals surface area contributed by atoms with Gasteiger partial charge in [0.1, 0.15) is 18.9 Å². The summed E-state index contributed by atoms with van der Waals surface area (Å²) in [5, 5.41) is 3.80. The minimum atomic E-state index is -0.444. The van der Waals surface area contributed by atoms with E-state index in [0.717, 1.165) is 5.56 Å². The Hall–Kier alpha value is -1.92. The van der Waals surface area contributed by atoms with E-state index in [1.807, 2.05) is 0 Å². The molecule has 0 saturated heterocycles. The third-order valence-electron chi connectivity index (χ3n) is 2.75. The Morgan fingerprint density at radius 2 is 2.15 bits per heavy atom. The smallest absolute Gasteiger partial charge is 0.165 e. The first-order chi connectivity index (χ1) is 9.60. The van der Waals surface area contributed by atoms with E-state index in [2.05, 4.69) is 5.16 Å². The van der Waals surface area contributed by atoms with Gasteiger partial charge in [-0.25, -0.2) is 4.39 Å². The van der Waals surface area contributed by atoms with Gasteiger partial charge in [0, 0.05) is 19.2 Å². The SMILES string of the molecule is COCc1cc(COc2ccc([C@@H](C)N)cc2F)no1. The van der Waals surface area contributed by atoms with Gasteiger partial charge in [0.2, 0.25) is 0 Å². The number of aromatic nitrogens is 1. The van der Waals surface area contributed by atoms with Gasteiger partial charge < -0.3 is 19.7 Å². The van der Waals surface area contributed by atoms with Gasteiger partial charge in [0.25, 0.3) is 0 Å². The van der Waals surface area contributed by atoms with E-state index in [0.29, 0.717) is 18.1 Å².